The number of carbonyl (C=O) groups excluding carboxylic acids is 1. The third-order valence-electron chi connectivity index (χ3n) is 3.35. The number of unbranched alkanes of at least 4 members (excludes halogenated alkanes) is 2. The van der Waals surface area contributed by atoms with Crippen LogP contribution < -0.4 is 11.1 Å². The Bertz CT molecular complexity index is 376. The molecule has 0 radical (unpaired) electrons. The van der Waals surface area contributed by atoms with E-state index in [1.807, 2.05) is 18.2 Å². The van der Waals surface area contributed by atoms with Gasteiger partial charge >= 0.3 is 0 Å². The van der Waals surface area contributed by atoms with E-state index in [9.17, 15) is 4.79 Å². The number of amides is 1. The molecule has 0 aromatic heterocycles. The molecule has 0 saturated heterocycles. The van der Waals surface area contributed by atoms with E-state index in [0.717, 1.165) is 25.7 Å². The molecule has 0 heterocycles. The van der Waals surface area contributed by atoms with Crippen LogP contribution >= 0.6 is 0 Å². The monoisotopic (exact) mass is 276 g/mol. The number of nitrogens with one attached hydrogen (secondary N) is 1. The highest BCUT2D eigenvalue weighted by molar-refractivity contribution is 5.76. The fraction of sp³-hybridized carbons (Fsp3) is 0.588. The van der Waals surface area contributed by atoms with Gasteiger partial charge in [-0.25, -0.2) is 0 Å². The molecule has 0 saturated carbocycles. The fourth-order valence-electron chi connectivity index (χ4n) is 2.31. The fourth-order valence-corrected chi connectivity index (χ4v) is 2.31. The lowest BCUT2D eigenvalue weighted by Gasteiger charge is -2.21. The van der Waals surface area contributed by atoms with E-state index in [2.05, 4.69) is 31.3 Å². The Hall–Kier alpha value is -1.35. The van der Waals surface area contributed by atoms with Crippen LogP contribution in [-0.2, 0) is 4.79 Å². The van der Waals surface area contributed by atoms with Crippen molar-refractivity contribution in [3.8, 4) is 0 Å². The maximum atomic E-state index is 12.0. The number of hydrogen-bond donors (Lipinski definition) is 2. The zero-order chi connectivity index (χ0) is 14.8. The second-order valence-electron chi connectivity index (χ2n) is 5.76. The molecule has 1 atom stereocenters. The molecule has 20 heavy (non-hydrogen) atoms. The summed E-state index contributed by atoms with van der Waals surface area (Å²) in [6.45, 7) is 5.08. The van der Waals surface area contributed by atoms with Gasteiger partial charge in [-0.05, 0) is 37.3 Å². The van der Waals surface area contributed by atoms with Crippen molar-refractivity contribution in [3.63, 3.8) is 0 Å². The molecule has 0 fully saturated rings. The van der Waals surface area contributed by atoms with Crippen molar-refractivity contribution in [1.29, 1.82) is 0 Å². The van der Waals surface area contributed by atoms with Gasteiger partial charge in [0.15, 0.2) is 0 Å². The predicted octanol–water partition coefficient (Wildman–Crippen LogP) is 3.41. The molecule has 0 aliphatic heterocycles. The quantitative estimate of drug-likeness (QED) is 0.679. The first-order valence-electron chi connectivity index (χ1n) is 7.68. The lowest BCUT2D eigenvalue weighted by molar-refractivity contribution is -0.122. The van der Waals surface area contributed by atoms with Gasteiger partial charge in [-0.15, -0.1) is 0 Å². The van der Waals surface area contributed by atoms with Gasteiger partial charge in [0, 0.05) is 6.42 Å². The van der Waals surface area contributed by atoms with Crippen molar-refractivity contribution in [3.05, 3.63) is 35.9 Å². The van der Waals surface area contributed by atoms with E-state index in [0.29, 0.717) is 18.9 Å². The Morgan fingerprint density at radius 3 is 2.45 bits per heavy atom. The lowest BCUT2D eigenvalue weighted by Crippen LogP contribution is -2.29. The van der Waals surface area contributed by atoms with E-state index in [4.69, 9.17) is 5.73 Å². The summed E-state index contributed by atoms with van der Waals surface area (Å²) >= 11 is 0. The van der Waals surface area contributed by atoms with Crippen molar-refractivity contribution >= 4 is 5.91 Å². The smallest absolute Gasteiger partial charge is 0.220 e. The molecule has 112 valence electrons. The van der Waals surface area contributed by atoms with Gasteiger partial charge in [-0.1, -0.05) is 50.6 Å². The van der Waals surface area contributed by atoms with Crippen LogP contribution in [0.25, 0.3) is 0 Å². The minimum Gasteiger partial charge on any atom is -0.349 e. The van der Waals surface area contributed by atoms with Crippen molar-refractivity contribution < 1.29 is 4.79 Å². The van der Waals surface area contributed by atoms with E-state index >= 15 is 0 Å². The molecule has 1 amide bonds. The van der Waals surface area contributed by atoms with Gasteiger partial charge in [0.2, 0.25) is 5.91 Å². The largest absolute Gasteiger partial charge is 0.349 e. The lowest BCUT2D eigenvalue weighted by atomic mass is 9.97. The van der Waals surface area contributed by atoms with Gasteiger partial charge < -0.3 is 11.1 Å². The predicted molar refractivity (Wildman–Crippen MR) is 84.3 cm³/mol. The summed E-state index contributed by atoms with van der Waals surface area (Å²) in [4.78, 5) is 12.0. The minimum atomic E-state index is 0.123. The first-order chi connectivity index (χ1) is 9.63. The molecular formula is C17H28N2O. The Morgan fingerprint density at radius 2 is 1.85 bits per heavy atom. The molecule has 0 bridgehead atoms. The second kappa shape index (κ2) is 9.54. The highest BCUT2D eigenvalue weighted by Gasteiger charge is 2.15. The normalized spacial score (nSPS) is 12.4. The van der Waals surface area contributed by atoms with Crippen LogP contribution in [0.15, 0.2) is 30.3 Å². The van der Waals surface area contributed by atoms with Crippen molar-refractivity contribution in [1.82, 2.24) is 5.32 Å². The summed E-state index contributed by atoms with van der Waals surface area (Å²) < 4.78 is 0. The Balaban J connectivity index is 2.50. The minimum absolute atomic E-state index is 0.123. The molecule has 0 spiro atoms. The van der Waals surface area contributed by atoms with Crippen molar-refractivity contribution in [2.45, 2.75) is 52.0 Å². The summed E-state index contributed by atoms with van der Waals surface area (Å²) in [6, 6.07) is 10.3. The molecule has 0 aliphatic rings. The van der Waals surface area contributed by atoms with Crippen LogP contribution in [0.3, 0.4) is 0 Å². The molecule has 1 rings (SSSR count). The first-order valence-corrected chi connectivity index (χ1v) is 7.68. The zero-order valence-corrected chi connectivity index (χ0v) is 12.8. The average molecular weight is 276 g/mol. The zero-order valence-electron chi connectivity index (χ0n) is 12.8. The van der Waals surface area contributed by atoms with E-state index < -0.39 is 0 Å². The standard InChI is InChI=1S/C17H28N2O/c1-14(2)13-16(15-9-5-3-6-10-15)19-17(20)11-7-4-8-12-18/h3,5-6,9-10,14,16H,4,7-8,11-13,18H2,1-2H3,(H,19,20). The molecule has 3 nitrogen and oxygen atoms in total. The maximum Gasteiger partial charge on any atom is 0.220 e. The van der Waals surface area contributed by atoms with E-state index in [1.54, 1.807) is 0 Å². The molecule has 1 unspecified atom stereocenters. The van der Waals surface area contributed by atoms with Crippen LogP contribution in [0.2, 0.25) is 0 Å². The van der Waals surface area contributed by atoms with Crippen LogP contribution in [0.1, 0.15) is 57.6 Å². The topological polar surface area (TPSA) is 55.1 Å². The molecule has 1 aromatic carbocycles. The molecule has 1 aromatic rings. The molecule has 3 N–H and O–H groups in total. The highest BCUT2D eigenvalue weighted by Crippen LogP contribution is 2.21. The number of nitrogens with two attached hydrogens (primary N) is 1. The molecular weight excluding hydrogens is 248 g/mol. The number of rotatable bonds is 9. The van der Waals surface area contributed by atoms with Gasteiger partial charge in [-0.2, -0.15) is 0 Å². The number of carbonyl (C=O) groups is 1. The summed E-state index contributed by atoms with van der Waals surface area (Å²) in [7, 11) is 0. The second-order valence-corrected chi connectivity index (χ2v) is 5.76. The third kappa shape index (κ3) is 6.71. The van der Waals surface area contributed by atoms with Crippen LogP contribution in [0.5, 0.6) is 0 Å². The van der Waals surface area contributed by atoms with Crippen LogP contribution in [0.4, 0.5) is 0 Å². The highest BCUT2D eigenvalue weighted by atomic mass is 16.1. The molecule has 0 aliphatic carbocycles. The number of hydrogen-bond acceptors (Lipinski definition) is 2. The summed E-state index contributed by atoms with van der Waals surface area (Å²) in [6.07, 6.45) is 4.53. The van der Waals surface area contributed by atoms with E-state index in [1.165, 1.54) is 5.56 Å². The third-order valence-corrected chi connectivity index (χ3v) is 3.35. The van der Waals surface area contributed by atoms with Gasteiger partial charge in [0.1, 0.15) is 0 Å². The Morgan fingerprint density at radius 1 is 1.15 bits per heavy atom. The first kappa shape index (κ1) is 16.7. The summed E-state index contributed by atoms with van der Waals surface area (Å²) in [5, 5.41) is 3.17. The number of benzene rings is 1. The van der Waals surface area contributed by atoms with Gasteiger partial charge in [0.05, 0.1) is 6.04 Å². The summed E-state index contributed by atoms with van der Waals surface area (Å²) in [5.74, 6) is 0.703. The SMILES string of the molecule is CC(C)CC(NC(=O)CCCCCN)c1ccccc1. The van der Waals surface area contributed by atoms with Crippen LogP contribution in [-0.4, -0.2) is 12.5 Å². The Kier molecular flexibility index (Phi) is 7.97. The van der Waals surface area contributed by atoms with Gasteiger partial charge in [0.25, 0.3) is 0 Å². The van der Waals surface area contributed by atoms with Crippen LogP contribution in [0, 0.1) is 5.92 Å². The van der Waals surface area contributed by atoms with E-state index in [-0.39, 0.29) is 11.9 Å². The Labute approximate surface area is 122 Å². The van der Waals surface area contributed by atoms with Gasteiger partial charge in [-0.3, -0.25) is 4.79 Å². The van der Waals surface area contributed by atoms with Crippen molar-refractivity contribution in [2.24, 2.45) is 11.7 Å². The maximum absolute atomic E-state index is 12.0. The molecule has 3 heteroatoms. The average Bonchev–Trinajstić information content (AvgIpc) is 2.43. The van der Waals surface area contributed by atoms with Crippen molar-refractivity contribution in [2.75, 3.05) is 6.54 Å². The summed E-state index contributed by atoms with van der Waals surface area (Å²) in [5.41, 5.74) is 6.65.